The fourth-order valence-corrected chi connectivity index (χ4v) is 8.70. The Bertz CT molecular complexity index is 3250. The summed E-state index contributed by atoms with van der Waals surface area (Å²) < 4.78 is 121. The van der Waals surface area contributed by atoms with Crippen molar-refractivity contribution >= 4 is 109 Å². The van der Waals surface area contributed by atoms with Crippen molar-refractivity contribution in [2.45, 2.75) is 19.6 Å². The minimum absolute atomic E-state index is 0.0478. The highest BCUT2D eigenvalue weighted by molar-refractivity contribution is 7.87. The molecule has 0 saturated heterocycles. The smallest absolute Gasteiger partial charge is 0.299 e. The lowest BCUT2D eigenvalue weighted by molar-refractivity contribution is 0.102. The van der Waals surface area contributed by atoms with Crippen molar-refractivity contribution in [1.82, 2.24) is 15.0 Å². The van der Waals surface area contributed by atoms with Crippen LogP contribution in [0.15, 0.2) is 121 Å². The van der Waals surface area contributed by atoms with E-state index in [9.17, 15) is 43.6 Å². The molecule has 1 amide bonds. The van der Waals surface area contributed by atoms with Gasteiger partial charge in [-0.15, -0.1) is 10.2 Å². The Labute approximate surface area is 364 Å². The molecule has 0 spiro atoms. The Morgan fingerprint density at radius 1 is 0.619 bits per heavy atom. The van der Waals surface area contributed by atoms with Crippen LogP contribution in [0.25, 0.3) is 10.8 Å². The molecule has 330 valence electrons. The molecule has 0 aliphatic carbocycles. The Hall–Kier alpha value is -6.23. The van der Waals surface area contributed by atoms with E-state index >= 15 is 0 Å². The number of fused-ring (bicyclic) bond motifs is 1. The maximum atomic E-state index is 13.3. The first-order valence-corrected chi connectivity index (χ1v) is 23.3. The maximum absolute atomic E-state index is 13.3. The van der Waals surface area contributed by atoms with Gasteiger partial charge in [-0.2, -0.15) is 48.6 Å². The van der Waals surface area contributed by atoms with Crippen LogP contribution in [-0.4, -0.2) is 88.1 Å². The SMILES string of the molecule is COS(=O)(=O)c1ccc(Nc2nc(Cl)nc(Nc3ccc(S(=O)(=O)OC)c(/N=N/c4c(S(=O)(=O)OC)cc5cc(S(=O)(=O)OC)cc(NC(=O)c6ccccc6)c5c4O)c3)n2)cc1. The summed E-state index contributed by atoms with van der Waals surface area (Å²) >= 11 is 6.16. The molecular formula is C36H31ClN8O14S4. The number of rotatable bonds is 16. The summed E-state index contributed by atoms with van der Waals surface area (Å²) in [5.41, 5.74) is -1.13. The summed E-state index contributed by atoms with van der Waals surface area (Å²) in [7, 11) is -14.3. The van der Waals surface area contributed by atoms with Gasteiger partial charge in [0.2, 0.25) is 17.2 Å². The molecule has 0 aliphatic rings. The number of phenolic OH excluding ortho intramolecular Hbond substituents is 1. The molecule has 0 saturated carbocycles. The fourth-order valence-electron chi connectivity index (χ4n) is 5.56. The van der Waals surface area contributed by atoms with Crippen molar-refractivity contribution in [2.24, 2.45) is 10.2 Å². The average molecular weight is 963 g/mol. The molecule has 63 heavy (non-hydrogen) atoms. The van der Waals surface area contributed by atoms with Gasteiger partial charge < -0.3 is 21.1 Å². The Balaban J connectivity index is 1.46. The van der Waals surface area contributed by atoms with Gasteiger partial charge in [-0.25, -0.2) is 0 Å². The van der Waals surface area contributed by atoms with Crippen molar-refractivity contribution < 1.29 is 60.3 Å². The van der Waals surface area contributed by atoms with Gasteiger partial charge in [0.15, 0.2) is 5.75 Å². The van der Waals surface area contributed by atoms with E-state index in [1.807, 2.05) is 0 Å². The fraction of sp³-hybridized carbons (Fsp3) is 0.111. The first kappa shape index (κ1) is 46.3. The van der Waals surface area contributed by atoms with Crippen molar-refractivity contribution in [3.05, 3.63) is 102 Å². The summed E-state index contributed by atoms with van der Waals surface area (Å²) in [5.74, 6) is -2.02. The van der Waals surface area contributed by atoms with Crippen LogP contribution >= 0.6 is 11.6 Å². The summed E-state index contributed by atoms with van der Waals surface area (Å²) in [6.45, 7) is 0. The number of benzene rings is 5. The van der Waals surface area contributed by atoms with Crippen molar-refractivity contribution in [1.29, 1.82) is 0 Å². The van der Waals surface area contributed by atoms with Crippen LogP contribution in [-0.2, 0) is 57.2 Å². The highest BCUT2D eigenvalue weighted by atomic mass is 35.5. The van der Waals surface area contributed by atoms with Gasteiger partial charge in [-0.1, -0.05) is 18.2 Å². The molecular weight excluding hydrogens is 932 g/mol. The second-order valence-corrected chi connectivity index (χ2v) is 19.5. The van der Waals surface area contributed by atoms with Crippen LogP contribution in [0.5, 0.6) is 5.75 Å². The standard InChI is InChI=1S/C36H31ClN8O14S4/c1-56-60(48,49)24-13-10-22(11-14-24)38-35-41-34(37)42-36(43-35)39-23-12-15-28(62(52,53)58-3)26(18-23)44-45-31-29(63(54,55)59-4)17-21-16-25(61(50,51)57-2)19-27(30(21)32(31)46)40-33(47)20-8-6-5-7-9-20/h5-19,46H,1-4H3,(H,40,47)(H2,38,39,41,42,43)/b45-44+. The monoisotopic (exact) mass is 962 g/mol. The minimum Gasteiger partial charge on any atom is -0.505 e. The molecule has 6 aromatic rings. The number of nitrogens with one attached hydrogen (secondary N) is 3. The van der Waals surface area contributed by atoms with E-state index in [2.05, 4.69) is 49.5 Å². The van der Waals surface area contributed by atoms with Crippen LogP contribution in [0.1, 0.15) is 10.4 Å². The van der Waals surface area contributed by atoms with Gasteiger partial charge in [0.25, 0.3) is 46.4 Å². The first-order chi connectivity index (χ1) is 29.7. The molecule has 0 fully saturated rings. The third-order valence-electron chi connectivity index (χ3n) is 8.59. The number of nitrogens with zero attached hydrogens (tertiary/aromatic N) is 5. The van der Waals surface area contributed by atoms with E-state index in [0.29, 0.717) is 5.69 Å². The van der Waals surface area contributed by atoms with Gasteiger partial charge in [-0.3, -0.25) is 21.5 Å². The summed E-state index contributed by atoms with van der Waals surface area (Å²) in [6.07, 6.45) is 0. The van der Waals surface area contributed by atoms with Crippen LogP contribution in [0, 0.1) is 0 Å². The van der Waals surface area contributed by atoms with Crippen molar-refractivity contribution in [3.63, 3.8) is 0 Å². The molecule has 0 unspecified atom stereocenters. The lowest BCUT2D eigenvalue weighted by Gasteiger charge is -2.16. The molecule has 6 rings (SSSR count). The number of phenols is 1. The normalized spacial score (nSPS) is 12.4. The molecule has 22 nitrogen and oxygen atoms in total. The zero-order valence-corrected chi connectivity index (χ0v) is 36.7. The summed E-state index contributed by atoms with van der Waals surface area (Å²) in [6, 6.07) is 19.3. The quantitative estimate of drug-likeness (QED) is 0.0650. The number of hydrogen-bond donors (Lipinski definition) is 4. The predicted molar refractivity (Wildman–Crippen MR) is 225 cm³/mol. The Kier molecular flexibility index (Phi) is 13.4. The summed E-state index contributed by atoms with van der Waals surface area (Å²) in [4.78, 5) is 23.5. The van der Waals surface area contributed by atoms with E-state index in [1.165, 1.54) is 42.5 Å². The van der Waals surface area contributed by atoms with Crippen LogP contribution in [0.4, 0.5) is 40.3 Å². The number of carbonyl (C=O) groups is 1. The average Bonchev–Trinajstić information content (AvgIpc) is 3.26. The maximum Gasteiger partial charge on any atom is 0.299 e. The van der Waals surface area contributed by atoms with Crippen molar-refractivity contribution in [2.75, 3.05) is 44.4 Å². The number of carbonyl (C=O) groups excluding carboxylic acids is 1. The molecule has 5 aromatic carbocycles. The second kappa shape index (κ2) is 18.2. The first-order valence-electron chi connectivity index (χ1n) is 17.3. The third-order valence-corrected chi connectivity index (χ3v) is 13.9. The molecule has 4 N–H and O–H groups in total. The van der Waals surface area contributed by atoms with Gasteiger partial charge >= 0.3 is 0 Å². The van der Waals surface area contributed by atoms with E-state index in [4.69, 9.17) is 20.0 Å². The van der Waals surface area contributed by atoms with E-state index < -0.39 is 78.2 Å². The molecule has 27 heteroatoms. The van der Waals surface area contributed by atoms with E-state index in [-0.39, 0.29) is 49.8 Å². The van der Waals surface area contributed by atoms with Crippen LogP contribution in [0.2, 0.25) is 5.28 Å². The highest BCUT2D eigenvalue weighted by Crippen LogP contribution is 2.46. The molecule has 0 bridgehead atoms. The van der Waals surface area contributed by atoms with Crippen LogP contribution in [0.3, 0.4) is 0 Å². The zero-order valence-electron chi connectivity index (χ0n) is 32.7. The second-order valence-electron chi connectivity index (χ2n) is 12.4. The largest absolute Gasteiger partial charge is 0.505 e. The third kappa shape index (κ3) is 10.2. The number of aromatic hydroxyl groups is 1. The van der Waals surface area contributed by atoms with Crippen molar-refractivity contribution in [3.8, 4) is 5.75 Å². The van der Waals surface area contributed by atoms with Crippen LogP contribution < -0.4 is 16.0 Å². The Morgan fingerprint density at radius 3 is 1.78 bits per heavy atom. The van der Waals surface area contributed by atoms with E-state index in [0.717, 1.165) is 58.8 Å². The number of amides is 1. The number of azo groups is 1. The lowest BCUT2D eigenvalue weighted by Crippen LogP contribution is -2.13. The number of aromatic nitrogens is 3. The predicted octanol–water partition coefficient (Wildman–Crippen LogP) is 5.88. The zero-order chi connectivity index (χ0) is 45.9. The summed E-state index contributed by atoms with van der Waals surface area (Å²) in [5, 5.41) is 27.0. The number of anilines is 5. The van der Waals surface area contributed by atoms with Gasteiger partial charge in [0.1, 0.15) is 21.2 Å². The molecule has 1 heterocycles. The lowest BCUT2D eigenvalue weighted by atomic mass is 10.1. The molecule has 1 aromatic heterocycles. The number of halogens is 1. The van der Waals surface area contributed by atoms with Gasteiger partial charge in [-0.05, 0) is 89.8 Å². The Morgan fingerprint density at radius 2 is 1.17 bits per heavy atom. The topological polar surface area (TPSA) is 310 Å². The van der Waals surface area contributed by atoms with Gasteiger partial charge in [0, 0.05) is 22.3 Å². The minimum atomic E-state index is -4.82. The molecule has 0 radical (unpaired) electrons. The van der Waals surface area contributed by atoms with Gasteiger partial charge in [0.05, 0.1) is 43.9 Å². The number of hydrogen-bond acceptors (Lipinski definition) is 21. The molecule has 0 atom stereocenters. The highest BCUT2D eigenvalue weighted by Gasteiger charge is 2.28. The van der Waals surface area contributed by atoms with E-state index in [1.54, 1.807) is 18.2 Å². The molecule has 0 aliphatic heterocycles.